The van der Waals surface area contributed by atoms with Crippen LogP contribution in [0, 0.1) is 12.8 Å². The van der Waals surface area contributed by atoms with Crippen molar-refractivity contribution < 1.29 is 17.9 Å². The summed E-state index contributed by atoms with van der Waals surface area (Å²) in [5.41, 5.74) is 0.713. The molecule has 2 saturated heterocycles. The Morgan fingerprint density at radius 1 is 1.21 bits per heavy atom. The fourth-order valence-electron chi connectivity index (χ4n) is 3.53. The maximum Gasteiger partial charge on any atom is 0.243 e. The molecule has 132 valence electrons. The molecule has 1 spiro atoms. The van der Waals surface area contributed by atoms with Gasteiger partial charge in [-0.3, -0.25) is 0 Å². The normalized spacial score (nSPS) is 27.1. The highest BCUT2D eigenvalue weighted by molar-refractivity contribution is 7.89. The first-order valence-corrected chi connectivity index (χ1v) is 10.2. The van der Waals surface area contributed by atoms with Gasteiger partial charge < -0.3 is 9.47 Å². The van der Waals surface area contributed by atoms with E-state index >= 15 is 0 Å². The smallest absolute Gasteiger partial charge is 0.243 e. The average molecular weight is 351 g/mol. The molecule has 0 amide bonds. The number of ether oxygens (including phenoxy) is 2. The van der Waals surface area contributed by atoms with E-state index in [1.165, 1.54) is 17.1 Å². The van der Waals surface area contributed by atoms with Crippen molar-refractivity contribution in [1.29, 1.82) is 0 Å². The molecule has 24 heavy (non-hydrogen) atoms. The molecule has 1 aliphatic carbocycles. The highest BCUT2D eigenvalue weighted by Crippen LogP contribution is 2.39. The van der Waals surface area contributed by atoms with E-state index in [1.54, 1.807) is 12.1 Å². The highest BCUT2D eigenvalue weighted by Gasteiger charge is 2.52. The van der Waals surface area contributed by atoms with Crippen LogP contribution < -0.4 is 0 Å². The lowest BCUT2D eigenvalue weighted by Gasteiger charge is -2.52. The summed E-state index contributed by atoms with van der Waals surface area (Å²) in [4.78, 5) is 0.361. The summed E-state index contributed by atoms with van der Waals surface area (Å²) in [6.45, 7) is 4.34. The predicted molar refractivity (Wildman–Crippen MR) is 90.3 cm³/mol. The molecule has 0 radical (unpaired) electrons. The Labute approximate surface area is 144 Å². The predicted octanol–water partition coefficient (Wildman–Crippen LogP) is 2.34. The van der Waals surface area contributed by atoms with Gasteiger partial charge in [-0.25, -0.2) is 8.42 Å². The van der Waals surface area contributed by atoms with Gasteiger partial charge in [0.15, 0.2) is 0 Å². The highest BCUT2D eigenvalue weighted by atomic mass is 32.2. The van der Waals surface area contributed by atoms with Crippen molar-refractivity contribution >= 4 is 10.0 Å². The van der Waals surface area contributed by atoms with E-state index in [-0.39, 0.29) is 11.7 Å². The Morgan fingerprint density at radius 2 is 1.92 bits per heavy atom. The van der Waals surface area contributed by atoms with Crippen LogP contribution in [0.5, 0.6) is 0 Å². The van der Waals surface area contributed by atoms with Crippen LogP contribution in [0.1, 0.15) is 31.2 Å². The van der Waals surface area contributed by atoms with Crippen LogP contribution in [-0.4, -0.2) is 50.7 Å². The SMILES string of the molecule is Cc1ccc(S(=O)(=O)N2CC3(C[C@H](OCC4CC4)CCO3)C2)cc1. The fraction of sp³-hybridized carbons (Fsp3) is 0.667. The molecule has 5 nitrogen and oxygen atoms in total. The van der Waals surface area contributed by atoms with Crippen molar-refractivity contribution in [3.63, 3.8) is 0 Å². The van der Waals surface area contributed by atoms with Gasteiger partial charge in [0.1, 0.15) is 0 Å². The fourth-order valence-corrected chi connectivity index (χ4v) is 5.12. The van der Waals surface area contributed by atoms with Gasteiger partial charge in [-0.2, -0.15) is 4.31 Å². The molecule has 1 saturated carbocycles. The Kier molecular flexibility index (Phi) is 4.19. The largest absolute Gasteiger partial charge is 0.378 e. The van der Waals surface area contributed by atoms with E-state index in [2.05, 4.69) is 0 Å². The zero-order chi connectivity index (χ0) is 16.8. The van der Waals surface area contributed by atoms with Crippen LogP contribution in [0.3, 0.4) is 0 Å². The van der Waals surface area contributed by atoms with Crippen molar-refractivity contribution in [2.75, 3.05) is 26.3 Å². The molecule has 4 rings (SSSR count). The summed E-state index contributed by atoms with van der Waals surface area (Å²) in [6.07, 6.45) is 4.51. The molecule has 0 N–H and O–H groups in total. The lowest BCUT2D eigenvalue weighted by atomic mass is 9.86. The third kappa shape index (κ3) is 3.25. The minimum Gasteiger partial charge on any atom is -0.378 e. The van der Waals surface area contributed by atoms with E-state index in [0.717, 1.165) is 30.9 Å². The first-order chi connectivity index (χ1) is 11.5. The molecule has 2 heterocycles. The van der Waals surface area contributed by atoms with Crippen LogP contribution in [0.4, 0.5) is 0 Å². The quantitative estimate of drug-likeness (QED) is 0.817. The maximum absolute atomic E-state index is 12.7. The molecule has 0 bridgehead atoms. The Bertz CT molecular complexity index is 690. The third-order valence-electron chi connectivity index (χ3n) is 5.30. The van der Waals surface area contributed by atoms with Gasteiger partial charge in [0.05, 0.1) is 16.6 Å². The second-order valence-corrected chi connectivity index (χ2v) is 9.45. The number of hydrogen-bond acceptors (Lipinski definition) is 4. The van der Waals surface area contributed by atoms with Gasteiger partial charge in [0.25, 0.3) is 0 Å². The summed E-state index contributed by atoms with van der Waals surface area (Å²) in [5, 5.41) is 0. The summed E-state index contributed by atoms with van der Waals surface area (Å²) in [5.74, 6) is 0.753. The average Bonchev–Trinajstić information content (AvgIpc) is 3.35. The number of nitrogens with zero attached hydrogens (tertiary/aromatic N) is 1. The molecule has 2 aliphatic heterocycles. The van der Waals surface area contributed by atoms with Crippen molar-refractivity contribution in [3.8, 4) is 0 Å². The van der Waals surface area contributed by atoms with E-state index in [4.69, 9.17) is 9.47 Å². The number of benzene rings is 1. The molecule has 3 fully saturated rings. The first-order valence-electron chi connectivity index (χ1n) is 8.79. The summed E-state index contributed by atoms with van der Waals surface area (Å²) < 4.78 is 38.9. The molecule has 0 unspecified atom stereocenters. The van der Waals surface area contributed by atoms with Gasteiger partial charge >= 0.3 is 0 Å². The maximum atomic E-state index is 12.7. The molecular weight excluding hydrogens is 326 g/mol. The topological polar surface area (TPSA) is 55.8 Å². The summed E-state index contributed by atoms with van der Waals surface area (Å²) in [7, 11) is -3.42. The molecule has 1 atom stereocenters. The van der Waals surface area contributed by atoms with Crippen molar-refractivity contribution in [2.45, 2.75) is 49.2 Å². The van der Waals surface area contributed by atoms with Crippen molar-refractivity contribution in [2.24, 2.45) is 5.92 Å². The molecule has 6 heteroatoms. The second-order valence-electron chi connectivity index (χ2n) is 7.51. The van der Waals surface area contributed by atoms with E-state index in [1.807, 2.05) is 19.1 Å². The van der Waals surface area contributed by atoms with E-state index < -0.39 is 10.0 Å². The lowest BCUT2D eigenvalue weighted by molar-refractivity contribution is -0.179. The van der Waals surface area contributed by atoms with Crippen LogP contribution in [0.15, 0.2) is 29.2 Å². The summed E-state index contributed by atoms with van der Waals surface area (Å²) in [6, 6.07) is 7.03. The zero-order valence-corrected chi connectivity index (χ0v) is 14.9. The monoisotopic (exact) mass is 351 g/mol. The number of sulfonamides is 1. The van der Waals surface area contributed by atoms with Crippen LogP contribution in [0.2, 0.25) is 0 Å². The number of hydrogen-bond donors (Lipinski definition) is 0. The molecule has 1 aromatic rings. The first kappa shape index (κ1) is 16.5. The van der Waals surface area contributed by atoms with Crippen LogP contribution in [0.25, 0.3) is 0 Å². The summed E-state index contributed by atoms with van der Waals surface area (Å²) >= 11 is 0. The van der Waals surface area contributed by atoms with E-state index in [0.29, 0.717) is 24.6 Å². The van der Waals surface area contributed by atoms with Crippen molar-refractivity contribution in [3.05, 3.63) is 29.8 Å². The Balaban J connectivity index is 1.38. The van der Waals surface area contributed by atoms with E-state index in [9.17, 15) is 8.42 Å². The molecule has 1 aromatic carbocycles. The minimum absolute atomic E-state index is 0.212. The van der Waals surface area contributed by atoms with Crippen molar-refractivity contribution in [1.82, 2.24) is 4.31 Å². The number of aryl methyl sites for hydroxylation is 1. The zero-order valence-electron chi connectivity index (χ0n) is 14.1. The second kappa shape index (κ2) is 6.09. The lowest BCUT2D eigenvalue weighted by Crippen LogP contribution is -2.67. The van der Waals surface area contributed by atoms with Gasteiger partial charge in [-0.15, -0.1) is 0 Å². The molecule has 0 aromatic heterocycles. The van der Waals surface area contributed by atoms with Gasteiger partial charge in [-0.1, -0.05) is 17.7 Å². The standard InChI is InChI=1S/C18H25NO4S/c1-14-2-6-17(7-3-14)24(20,21)19-12-18(13-19)10-16(8-9-23-18)22-11-15-4-5-15/h2-3,6-7,15-16H,4-5,8-13H2,1H3/t16-/m1/s1. The minimum atomic E-state index is -3.42. The van der Waals surface area contributed by atoms with Crippen LogP contribution >= 0.6 is 0 Å². The Hall–Kier alpha value is -0.950. The van der Waals surface area contributed by atoms with Gasteiger partial charge in [0, 0.05) is 32.7 Å². The third-order valence-corrected chi connectivity index (χ3v) is 7.11. The molecular formula is C18H25NO4S. The van der Waals surface area contributed by atoms with Gasteiger partial charge in [-0.05, 0) is 44.2 Å². The Morgan fingerprint density at radius 3 is 2.58 bits per heavy atom. The van der Waals surface area contributed by atoms with Crippen LogP contribution in [-0.2, 0) is 19.5 Å². The van der Waals surface area contributed by atoms with Gasteiger partial charge in [0.2, 0.25) is 10.0 Å². The number of rotatable bonds is 5. The molecule has 3 aliphatic rings.